The monoisotopic (exact) mass is 631 g/mol. The molecule has 0 aliphatic heterocycles. The number of alkyl carbamates (subject to hydrolysis) is 1. The molecule has 2 N–H and O–H groups in total. The fourth-order valence-electron chi connectivity index (χ4n) is 5.57. The molecule has 0 saturated heterocycles. The van der Waals surface area contributed by atoms with Gasteiger partial charge in [-0.15, -0.1) is 6.42 Å². The lowest BCUT2D eigenvalue weighted by atomic mass is 9.96. The molecular weight excluding hydrogens is 586 g/mol. The number of carbonyl (C=O) groups excluding carboxylic acids is 3. The summed E-state index contributed by atoms with van der Waals surface area (Å²) in [6, 6.07) is 28.2. The predicted molar refractivity (Wildman–Crippen MR) is 189 cm³/mol. The maximum atomic E-state index is 14.8. The van der Waals surface area contributed by atoms with Crippen LogP contribution in [0.3, 0.4) is 0 Å². The van der Waals surface area contributed by atoms with Crippen molar-refractivity contribution in [2.24, 2.45) is 0 Å². The van der Waals surface area contributed by atoms with Crippen LogP contribution >= 0.6 is 0 Å². The molecule has 3 amide bonds. The minimum atomic E-state index is -1.07. The third-order valence-electron chi connectivity index (χ3n) is 7.80. The molecule has 0 fully saturated rings. The van der Waals surface area contributed by atoms with Crippen LogP contribution in [0.4, 0.5) is 10.5 Å². The molecule has 0 aromatic heterocycles. The Kier molecular flexibility index (Phi) is 12.2. The Balaban J connectivity index is 1.78. The molecule has 0 bridgehead atoms. The van der Waals surface area contributed by atoms with Gasteiger partial charge in [0, 0.05) is 24.2 Å². The summed E-state index contributed by atoms with van der Waals surface area (Å²) in [4.78, 5) is 43.9. The number of benzene rings is 4. The maximum absolute atomic E-state index is 14.8. The standard InChI is InChI=1S/C40H45N3O4/c1-6-8-9-17-26-43(38(45)35(27-29-18-11-10-12-19-29)42-39(46)47-40(3,4)5)36(34-23-16-15-20-30(34)7-2)37(44)41-33-25-24-31-21-13-14-22-32(31)28-33/h2,10-16,18-25,28,35-36H,6,8-9,17,26-27H2,1,3-5H3,(H,41,44)(H,42,46). The number of unbranched alkanes of at least 4 members (excludes halogenated alkanes) is 3. The number of nitrogens with one attached hydrogen (secondary N) is 2. The van der Waals surface area contributed by atoms with Gasteiger partial charge >= 0.3 is 6.09 Å². The number of fused-ring (bicyclic) bond motifs is 1. The summed E-state index contributed by atoms with van der Waals surface area (Å²) in [5.74, 6) is 1.91. The molecule has 7 nitrogen and oxygen atoms in total. The van der Waals surface area contributed by atoms with E-state index >= 15 is 0 Å². The molecule has 0 saturated carbocycles. The maximum Gasteiger partial charge on any atom is 0.408 e. The van der Waals surface area contributed by atoms with Crippen molar-refractivity contribution in [1.82, 2.24) is 10.2 Å². The lowest BCUT2D eigenvalue weighted by Crippen LogP contribution is -2.53. The molecule has 0 radical (unpaired) electrons. The summed E-state index contributed by atoms with van der Waals surface area (Å²) in [7, 11) is 0. The first-order valence-electron chi connectivity index (χ1n) is 16.3. The largest absolute Gasteiger partial charge is 0.444 e. The van der Waals surface area contributed by atoms with E-state index in [1.165, 1.54) is 0 Å². The smallest absolute Gasteiger partial charge is 0.408 e. The predicted octanol–water partition coefficient (Wildman–Crippen LogP) is 8.05. The number of hydrogen-bond acceptors (Lipinski definition) is 4. The van der Waals surface area contributed by atoms with Crippen LogP contribution in [-0.2, 0) is 20.7 Å². The van der Waals surface area contributed by atoms with Gasteiger partial charge in [-0.3, -0.25) is 9.59 Å². The SMILES string of the molecule is C#Cc1ccccc1C(C(=O)Nc1ccc2ccccc2c1)N(CCCCCC)C(=O)C(Cc1ccccc1)NC(=O)OC(C)(C)C. The van der Waals surface area contributed by atoms with E-state index in [0.29, 0.717) is 23.2 Å². The average molecular weight is 632 g/mol. The van der Waals surface area contributed by atoms with Gasteiger partial charge in [0.2, 0.25) is 5.91 Å². The molecular formula is C40H45N3O4. The van der Waals surface area contributed by atoms with Crippen LogP contribution in [0, 0.1) is 12.3 Å². The zero-order valence-corrected chi connectivity index (χ0v) is 27.8. The van der Waals surface area contributed by atoms with Crippen LogP contribution < -0.4 is 10.6 Å². The Morgan fingerprint density at radius 2 is 1.53 bits per heavy atom. The summed E-state index contributed by atoms with van der Waals surface area (Å²) in [5, 5.41) is 7.91. The van der Waals surface area contributed by atoms with Crippen molar-refractivity contribution in [3.63, 3.8) is 0 Å². The Hall–Kier alpha value is -5.09. The van der Waals surface area contributed by atoms with E-state index in [9.17, 15) is 14.4 Å². The van der Waals surface area contributed by atoms with Gasteiger partial charge in [-0.05, 0) is 67.3 Å². The molecule has 0 heterocycles. The number of carbonyl (C=O) groups is 3. The third-order valence-corrected chi connectivity index (χ3v) is 7.80. The molecule has 0 spiro atoms. The molecule has 0 aliphatic carbocycles. The van der Waals surface area contributed by atoms with E-state index in [1.807, 2.05) is 84.9 Å². The topological polar surface area (TPSA) is 87.7 Å². The van der Waals surface area contributed by atoms with E-state index < -0.39 is 35.6 Å². The second-order valence-electron chi connectivity index (χ2n) is 12.7. The van der Waals surface area contributed by atoms with Crippen molar-refractivity contribution >= 4 is 34.4 Å². The van der Waals surface area contributed by atoms with Crippen molar-refractivity contribution < 1.29 is 19.1 Å². The van der Waals surface area contributed by atoms with E-state index in [2.05, 4.69) is 23.5 Å². The van der Waals surface area contributed by atoms with E-state index in [4.69, 9.17) is 11.2 Å². The number of rotatable bonds is 13. The zero-order valence-electron chi connectivity index (χ0n) is 27.8. The second-order valence-corrected chi connectivity index (χ2v) is 12.7. The molecule has 4 aromatic rings. The molecule has 0 aliphatic rings. The first-order valence-corrected chi connectivity index (χ1v) is 16.3. The van der Waals surface area contributed by atoms with Gasteiger partial charge in [0.25, 0.3) is 5.91 Å². The van der Waals surface area contributed by atoms with Crippen LogP contribution in [0.15, 0.2) is 97.1 Å². The minimum Gasteiger partial charge on any atom is -0.444 e. The van der Waals surface area contributed by atoms with Gasteiger partial charge in [0.15, 0.2) is 0 Å². The number of terminal acetylenes is 1. The Morgan fingerprint density at radius 1 is 0.851 bits per heavy atom. The van der Waals surface area contributed by atoms with Crippen LogP contribution in [-0.4, -0.2) is 41.0 Å². The number of amides is 3. The number of ether oxygens (including phenoxy) is 1. The summed E-state index contributed by atoms with van der Waals surface area (Å²) < 4.78 is 5.57. The van der Waals surface area contributed by atoms with Crippen molar-refractivity contribution in [1.29, 1.82) is 0 Å². The molecule has 2 atom stereocenters. The Labute approximate surface area is 278 Å². The number of nitrogens with zero attached hydrogens (tertiary/aromatic N) is 1. The van der Waals surface area contributed by atoms with Crippen molar-refractivity contribution in [3.05, 3.63) is 114 Å². The van der Waals surface area contributed by atoms with Crippen molar-refractivity contribution in [2.45, 2.75) is 77.5 Å². The van der Waals surface area contributed by atoms with Gasteiger partial charge in [-0.25, -0.2) is 4.79 Å². The number of anilines is 1. The van der Waals surface area contributed by atoms with E-state index in [-0.39, 0.29) is 13.0 Å². The van der Waals surface area contributed by atoms with E-state index in [1.54, 1.807) is 37.8 Å². The Bertz CT molecular complexity index is 1700. The normalized spacial score (nSPS) is 12.4. The fraction of sp³-hybridized carbons (Fsp3) is 0.325. The zero-order chi connectivity index (χ0) is 33.8. The lowest BCUT2D eigenvalue weighted by Gasteiger charge is -2.35. The molecule has 244 valence electrons. The molecule has 7 heteroatoms. The summed E-state index contributed by atoms with van der Waals surface area (Å²) >= 11 is 0. The highest BCUT2D eigenvalue weighted by Gasteiger charge is 2.37. The second kappa shape index (κ2) is 16.5. The van der Waals surface area contributed by atoms with Gasteiger partial charge in [0.05, 0.1) is 0 Å². The first-order chi connectivity index (χ1) is 22.6. The van der Waals surface area contributed by atoms with Crippen LogP contribution in [0.5, 0.6) is 0 Å². The first kappa shape index (κ1) is 34.8. The van der Waals surface area contributed by atoms with Crippen molar-refractivity contribution in [3.8, 4) is 12.3 Å². The lowest BCUT2D eigenvalue weighted by molar-refractivity contribution is -0.140. The highest BCUT2D eigenvalue weighted by atomic mass is 16.6. The van der Waals surface area contributed by atoms with Gasteiger partial charge in [-0.1, -0.05) is 111 Å². The summed E-state index contributed by atoms with van der Waals surface area (Å²) in [6.07, 6.45) is 8.99. The quantitative estimate of drug-likeness (QED) is 0.115. The Morgan fingerprint density at radius 3 is 2.23 bits per heavy atom. The van der Waals surface area contributed by atoms with Crippen LogP contribution in [0.2, 0.25) is 0 Å². The minimum absolute atomic E-state index is 0.209. The average Bonchev–Trinajstić information content (AvgIpc) is 3.05. The molecule has 2 unspecified atom stereocenters. The highest BCUT2D eigenvalue weighted by molar-refractivity contribution is 6.00. The summed E-state index contributed by atoms with van der Waals surface area (Å²) in [6.45, 7) is 7.71. The molecule has 47 heavy (non-hydrogen) atoms. The van der Waals surface area contributed by atoms with Crippen LogP contribution in [0.1, 0.15) is 76.1 Å². The molecule has 4 aromatic carbocycles. The van der Waals surface area contributed by atoms with Gasteiger partial charge in [-0.2, -0.15) is 0 Å². The fourth-order valence-corrected chi connectivity index (χ4v) is 5.57. The van der Waals surface area contributed by atoms with Crippen molar-refractivity contribution in [2.75, 3.05) is 11.9 Å². The highest BCUT2D eigenvalue weighted by Crippen LogP contribution is 2.29. The van der Waals surface area contributed by atoms with Gasteiger partial charge < -0.3 is 20.3 Å². The number of hydrogen-bond donors (Lipinski definition) is 2. The van der Waals surface area contributed by atoms with Crippen LogP contribution in [0.25, 0.3) is 10.8 Å². The van der Waals surface area contributed by atoms with E-state index in [0.717, 1.165) is 35.6 Å². The molecule has 4 rings (SSSR count). The third kappa shape index (κ3) is 9.95. The van der Waals surface area contributed by atoms with Gasteiger partial charge in [0.1, 0.15) is 17.7 Å². The summed E-state index contributed by atoms with van der Waals surface area (Å²) in [5.41, 5.74) is 1.74.